The highest BCUT2D eigenvalue weighted by molar-refractivity contribution is 14.1. The Morgan fingerprint density at radius 2 is 2.19 bits per heavy atom. The first kappa shape index (κ1) is 15.0. The Labute approximate surface area is 140 Å². The average molecular weight is 392 g/mol. The zero-order valence-electron chi connectivity index (χ0n) is 12.6. The molecule has 1 aromatic carbocycles. The van der Waals surface area contributed by atoms with Gasteiger partial charge < -0.3 is 5.32 Å². The lowest BCUT2D eigenvalue weighted by atomic mass is 9.90. The third-order valence-electron chi connectivity index (χ3n) is 4.39. The van der Waals surface area contributed by atoms with E-state index in [0.29, 0.717) is 12.0 Å². The average Bonchev–Trinajstić information content (AvgIpc) is 2.92. The molecule has 2 unspecified atom stereocenters. The van der Waals surface area contributed by atoms with Crippen LogP contribution in [0.4, 0.5) is 0 Å². The van der Waals surface area contributed by atoms with Crippen molar-refractivity contribution in [2.75, 3.05) is 6.54 Å². The zero-order valence-corrected chi connectivity index (χ0v) is 14.7. The molecule has 1 N–H and O–H groups in total. The van der Waals surface area contributed by atoms with Crippen LogP contribution >= 0.6 is 22.6 Å². The highest BCUT2D eigenvalue weighted by Crippen LogP contribution is 2.41. The van der Waals surface area contributed by atoms with E-state index in [9.17, 15) is 0 Å². The molecule has 1 aliphatic carbocycles. The number of nitrogens with one attached hydrogen (secondary N) is 1. The maximum absolute atomic E-state index is 4.68. The van der Waals surface area contributed by atoms with E-state index in [0.717, 1.165) is 13.0 Å². The number of hydrogen-bond donors (Lipinski definition) is 1. The Bertz CT molecular complexity index is 639. The number of aryl methyl sites for hydroxylation is 2. The maximum atomic E-state index is 4.68. The summed E-state index contributed by atoms with van der Waals surface area (Å²) in [6.07, 6.45) is 4.27. The Morgan fingerprint density at radius 3 is 3.00 bits per heavy atom. The summed E-state index contributed by atoms with van der Waals surface area (Å²) in [5.74, 6) is 0.483. The quantitative estimate of drug-likeness (QED) is 0.782. The zero-order chi connectivity index (χ0) is 14.8. The summed E-state index contributed by atoms with van der Waals surface area (Å²) in [6.45, 7) is 5.35. The molecular formula is C18H21IN2. The maximum Gasteiger partial charge on any atom is 0.0485 e. The SMILES string of the molecule is CCNC(c1cccc(C)c1I)C1CCc2cccnc21. The van der Waals surface area contributed by atoms with Gasteiger partial charge in [-0.1, -0.05) is 31.2 Å². The van der Waals surface area contributed by atoms with E-state index in [1.54, 1.807) is 0 Å². The molecule has 2 nitrogen and oxygen atoms in total. The van der Waals surface area contributed by atoms with Crippen molar-refractivity contribution in [2.24, 2.45) is 0 Å². The number of rotatable bonds is 4. The second-order valence-corrected chi connectivity index (χ2v) is 6.79. The van der Waals surface area contributed by atoms with Crippen molar-refractivity contribution in [2.45, 2.75) is 38.6 Å². The molecule has 0 aliphatic heterocycles. The third-order valence-corrected chi connectivity index (χ3v) is 5.86. The molecule has 0 radical (unpaired) electrons. The summed E-state index contributed by atoms with van der Waals surface area (Å²) in [7, 11) is 0. The molecule has 0 bridgehead atoms. The van der Waals surface area contributed by atoms with E-state index in [4.69, 9.17) is 0 Å². The molecule has 2 aromatic rings. The molecule has 3 heteroatoms. The third kappa shape index (κ3) is 2.86. The summed E-state index contributed by atoms with van der Waals surface area (Å²) >= 11 is 2.49. The number of aromatic nitrogens is 1. The van der Waals surface area contributed by atoms with Crippen molar-refractivity contribution >= 4 is 22.6 Å². The monoisotopic (exact) mass is 392 g/mol. The van der Waals surface area contributed by atoms with Crippen LogP contribution in [0.3, 0.4) is 0 Å². The molecule has 0 saturated carbocycles. The smallest absolute Gasteiger partial charge is 0.0485 e. The summed E-state index contributed by atoms with van der Waals surface area (Å²) in [5, 5.41) is 3.70. The van der Waals surface area contributed by atoms with Crippen LogP contribution in [0.25, 0.3) is 0 Å². The molecule has 0 amide bonds. The van der Waals surface area contributed by atoms with Crippen molar-refractivity contribution in [1.29, 1.82) is 0 Å². The minimum absolute atomic E-state index is 0.359. The number of fused-ring (bicyclic) bond motifs is 1. The van der Waals surface area contributed by atoms with Gasteiger partial charge in [-0.2, -0.15) is 0 Å². The first-order chi connectivity index (χ1) is 10.2. The Hall–Kier alpha value is -0.940. The first-order valence-electron chi connectivity index (χ1n) is 7.64. The highest BCUT2D eigenvalue weighted by Gasteiger charge is 2.32. The van der Waals surface area contributed by atoms with Gasteiger partial charge in [-0.15, -0.1) is 0 Å². The van der Waals surface area contributed by atoms with Crippen LogP contribution in [0.5, 0.6) is 0 Å². The van der Waals surface area contributed by atoms with Crippen molar-refractivity contribution < 1.29 is 0 Å². The van der Waals surface area contributed by atoms with Crippen LogP contribution in [-0.4, -0.2) is 11.5 Å². The second kappa shape index (κ2) is 6.44. The van der Waals surface area contributed by atoms with Gasteiger partial charge in [0.2, 0.25) is 0 Å². The van der Waals surface area contributed by atoms with Crippen LogP contribution in [0.1, 0.15) is 47.7 Å². The van der Waals surface area contributed by atoms with E-state index in [-0.39, 0.29) is 0 Å². The fraction of sp³-hybridized carbons (Fsp3) is 0.389. The van der Waals surface area contributed by atoms with Gasteiger partial charge in [0.05, 0.1) is 0 Å². The lowest BCUT2D eigenvalue weighted by molar-refractivity contribution is 0.445. The lowest BCUT2D eigenvalue weighted by Crippen LogP contribution is -2.27. The van der Waals surface area contributed by atoms with Crippen molar-refractivity contribution in [3.63, 3.8) is 0 Å². The summed E-state index contributed by atoms with van der Waals surface area (Å²) in [4.78, 5) is 4.68. The second-order valence-electron chi connectivity index (χ2n) is 5.71. The Balaban J connectivity index is 2.02. The standard InChI is InChI=1S/C18H21IN2/c1-3-20-18(14-8-4-6-12(2)16(14)19)15-10-9-13-7-5-11-21-17(13)15/h4-8,11,15,18,20H,3,9-10H2,1-2H3. The van der Waals surface area contributed by atoms with Crippen molar-refractivity contribution in [3.8, 4) is 0 Å². The fourth-order valence-corrected chi connectivity index (χ4v) is 4.06. The molecular weight excluding hydrogens is 371 g/mol. The van der Waals surface area contributed by atoms with E-state index >= 15 is 0 Å². The fourth-order valence-electron chi connectivity index (χ4n) is 3.37. The van der Waals surface area contributed by atoms with E-state index in [1.807, 2.05) is 6.20 Å². The van der Waals surface area contributed by atoms with Crippen LogP contribution in [-0.2, 0) is 6.42 Å². The Kier molecular flexibility index (Phi) is 4.60. The number of halogens is 1. The van der Waals surface area contributed by atoms with E-state index in [1.165, 1.54) is 32.4 Å². The number of likely N-dealkylation sites (N-methyl/N-ethyl adjacent to an activating group) is 1. The van der Waals surface area contributed by atoms with Crippen LogP contribution in [0.2, 0.25) is 0 Å². The summed E-state index contributed by atoms with van der Waals surface area (Å²) in [6, 6.07) is 11.3. The minimum Gasteiger partial charge on any atom is -0.310 e. The van der Waals surface area contributed by atoms with Gasteiger partial charge in [-0.25, -0.2) is 0 Å². The van der Waals surface area contributed by atoms with Crippen LogP contribution < -0.4 is 5.32 Å². The molecule has 2 atom stereocenters. The minimum atomic E-state index is 0.359. The topological polar surface area (TPSA) is 24.9 Å². The normalized spacial score (nSPS) is 18.5. The molecule has 1 aliphatic rings. The number of benzene rings is 1. The van der Waals surface area contributed by atoms with Gasteiger partial charge in [-0.3, -0.25) is 4.98 Å². The highest BCUT2D eigenvalue weighted by atomic mass is 127. The van der Waals surface area contributed by atoms with Crippen molar-refractivity contribution in [1.82, 2.24) is 10.3 Å². The summed E-state index contributed by atoms with van der Waals surface area (Å²) < 4.78 is 1.38. The van der Waals surface area contributed by atoms with Gasteiger partial charge in [-0.05, 0) is 71.7 Å². The number of pyridine rings is 1. The predicted octanol–water partition coefficient (Wildman–Crippen LogP) is 4.38. The molecule has 0 spiro atoms. The van der Waals surface area contributed by atoms with Gasteiger partial charge >= 0.3 is 0 Å². The Morgan fingerprint density at radius 1 is 1.33 bits per heavy atom. The number of nitrogens with zero attached hydrogens (tertiary/aromatic N) is 1. The van der Waals surface area contributed by atoms with Gasteiger partial charge in [0, 0.05) is 27.4 Å². The molecule has 3 rings (SSSR count). The molecule has 0 fully saturated rings. The van der Waals surface area contributed by atoms with Crippen LogP contribution in [0, 0.1) is 10.5 Å². The summed E-state index contributed by atoms with van der Waals surface area (Å²) in [5.41, 5.74) is 5.49. The molecule has 1 aromatic heterocycles. The molecule has 0 saturated heterocycles. The first-order valence-corrected chi connectivity index (χ1v) is 8.72. The largest absolute Gasteiger partial charge is 0.310 e. The number of hydrogen-bond acceptors (Lipinski definition) is 2. The lowest BCUT2D eigenvalue weighted by Gasteiger charge is -2.26. The van der Waals surface area contributed by atoms with Crippen LogP contribution in [0.15, 0.2) is 36.5 Å². The van der Waals surface area contributed by atoms with Gasteiger partial charge in [0.1, 0.15) is 0 Å². The van der Waals surface area contributed by atoms with E-state index in [2.05, 4.69) is 77.1 Å². The molecule has 21 heavy (non-hydrogen) atoms. The predicted molar refractivity (Wildman–Crippen MR) is 95.6 cm³/mol. The van der Waals surface area contributed by atoms with Gasteiger partial charge in [0.25, 0.3) is 0 Å². The van der Waals surface area contributed by atoms with E-state index < -0.39 is 0 Å². The molecule has 1 heterocycles. The molecule has 110 valence electrons. The van der Waals surface area contributed by atoms with Crippen molar-refractivity contribution in [3.05, 3.63) is 62.5 Å². The van der Waals surface area contributed by atoms with Gasteiger partial charge in [0.15, 0.2) is 0 Å².